The maximum atomic E-state index is 6.53. The molecule has 0 saturated heterocycles. The second-order valence-corrected chi connectivity index (χ2v) is 6.62. The third kappa shape index (κ3) is 2.49. The molecule has 0 radical (unpaired) electrons. The van der Waals surface area contributed by atoms with Crippen molar-refractivity contribution in [2.45, 2.75) is 45.1 Å². The van der Waals surface area contributed by atoms with E-state index in [0.29, 0.717) is 18.2 Å². The van der Waals surface area contributed by atoms with Crippen molar-refractivity contribution in [3.05, 3.63) is 22.7 Å². The number of fused-ring (bicyclic) bond motifs is 1. The van der Waals surface area contributed by atoms with Gasteiger partial charge in [0, 0.05) is 23.6 Å². The fourth-order valence-corrected chi connectivity index (χ4v) is 3.58. The Labute approximate surface area is 125 Å². The highest BCUT2D eigenvalue weighted by Gasteiger charge is 2.37. The summed E-state index contributed by atoms with van der Waals surface area (Å²) in [6.45, 7) is 3.62. The molecule has 1 heterocycles. The van der Waals surface area contributed by atoms with Gasteiger partial charge in [-0.3, -0.25) is 0 Å². The topological polar surface area (TPSA) is 44.5 Å². The van der Waals surface area contributed by atoms with Crippen molar-refractivity contribution < 1.29 is 9.47 Å². The molecule has 1 unspecified atom stereocenters. The van der Waals surface area contributed by atoms with Crippen LogP contribution in [-0.4, -0.2) is 13.2 Å². The van der Waals surface area contributed by atoms with Crippen LogP contribution in [0.4, 0.5) is 0 Å². The minimum atomic E-state index is -0.0466. The predicted octanol–water partition coefficient (Wildman–Crippen LogP) is 4.08. The van der Waals surface area contributed by atoms with Gasteiger partial charge >= 0.3 is 0 Å². The molecule has 110 valence electrons. The van der Waals surface area contributed by atoms with Gasteiger partial charge in [0.1, 0.15) is 0 Å². The van der Waals surface area contributed by atoms with E-state index in [1.165, 1.54) is 25.7 Å². The molecule has 0 spiro atoms. The summed E-state index contributed by atoms with van der Waals surface area (Å²) in [5.74, 6) is 1.51. The third-order valence-electron chi connectivity index (χ3n) is 4.70. The van der Waals surface area contributed by atoms with E-state index in [1.54, 1.807) is 0 Å². The molecule has 1 aromatic carbocycles. The van der Waals surface area contributed by atoms with Crippen LogP contribution in [0.3, 0.4) is 0 Å². The normalized spacial score (nSPS) is 22.4. The Bertz CT molecular complexity index is 497. The minimum Gasteiger partial charge on any atom is -0.490 e. The highest BCUT2D eigenvalue weighted by molar-refractivity contribution is 6.31. The molecule has 1 atom stereocenters. The van der Waals surface area contributed by atoms with E-state index in [1.807, 2.05) is 12.1 Å². The van der Waals surface area contributed by atoms with Gasteiger partial charge in [-0.05, 0) is 29.9 Å². The molecule has 0 aromatic heterocycles. The van der Waals surface area contributed by atoms with E-state index in [2.05, 4.69) is 6.92 Å². The average Bonchev–Trinajstić information content (AvgIpc) is 2.75. The Morgan fingerprint density at radius 1 is 1.10 bits per heavy atom. The molecular formula is C16H22ClNO2. The quantitative estimate of drug-likeness (QED) is 0.894. The van der Waals surface area contributed by atoms with Crippen LogP contribution < -0.4 is 15.2 Å². The number of halogens is 1. The number of ether oxygens (including phenoxy) is 2. The average molecular weight is 296 g/mol. The van der Waals surface area contributed by atoms with E-state index >= 15 is 0 Å². The minimum absolute atomic E-state index is 0.0466. The Hall–Kier alpha value is -0.930. The molecule has 4 heteroatoms. The summed E-state index contributed by atoms with van der Waals surface area (Å²) in [4.78, 5) is 0. The molecular weight excluding hydrogens is 274 g/mol. The third-order valence-corrected chi connectivity index (χ3v) is 5.03. The Morgan fingerprint density at radius 2 is 1.70 bits per heavy atom. The molecule has 1 aliphatic carbocycles. The van der Waals surface area contributed by atoms with Crippen LogP contribution in [0.2, 0.25) is 5.02 Å². The summed E-state index contributed by atoms with van der Waals surface area (Å²) in [6.07, 6.45) is 5.74. The molecule has 2 aliphatic rings. The zero-order valence-electron chi connectivity index (χ0n) is 12.0. The molecule has 3 nitrogen and oxygen atoms in total. The Balaban J connectivity index is 1.95. The maximum Gasteiger partial charge on any atom is 0.162 e. The SMILES string of the molecule is CC1(C(N)c2cc3c(cc2Cl)OCCCO3)CCCC1. The molecule has 1 fully saturated rings. The van der Waals surface area contributed by atoms with Crippen molar-refractivity contribution in [1.29, 1.82) is 0 Å². The number of hydrogen-bond donors (Lipinski definition) is 1. The van der Waals surface area contributed by atoms with Gasteiger partial charge in [0.15, 0.2) is 11.5 Å². The number of hydrogen-bond acceptors (Lipinski definition) is 3. The van der Waals surface area contributed by atoms with Crippen molar-refractivity contribution in [2.75, 3.05) is 13.2 Å². The first-order chi connectivity index (χ1) is 9.60. The summed E-state index contributed by atoms with van der Waals surface area (Å²) in [7, 11) is 0. The van der Waals surface area contributed by atoms with Crippen LogP contribution in [0, 0.1) is 5.41 Å². The van der Waals surface area contributed by atoms with Gasteiger partial charge in [0.2, 0.25) is 0 Å². The Morgan fingerprint density at radius 3 is 2.35 bits per heavy atom. The molecule has 1 aromatic rings. The first-order valence-electron chi connectivity index (χ1n) is 7.45. The summed E-state index contributed by atoms with van der Waals surface area (Å²) in [6, 6.07) is 3.79. The second-order valence-electron chi connectivity index (χ2n) is 6.21. The van der Waals surface area contributed by atoms with E-state index in [-0.39, 0.29) is 11.5 Å². The highest BCUT2D eigenvalue weighted by Crippen LogP contribution is 2.49. The van der Waals surface area contributed by atoms with Gasteiger partial charge in [-0.1, -0.05) is 31.4 Å². The van der Waals surface area contributed by atoms with Crippen LogP contribution in [0.15, 0.2) is 12.1 Å². The number of rotatable bonds is 2. The van der Waals surface area contributed by atoms with Crippen molar-refractivity contribution in [3.63, 3.8) is 0 Å². The van der Waals surface area contributed by atoms with Gasteiger partial charge < -0.3 is 15.2 Å². The lowest BCUT2D eigenvalue weighted by atomic mass is 9.78. The summed E-state index contributed by atoms with van der Waals surface area (Å²) in [5, 5.41) is 0.690. The van der Waals surface area contributed by atoms with Gasteiger partial charge in [0.25, 0.3) is 0 Å². The molecule has 20 heavy (non-hydrogen) atoms. The van der Waals surface area contributed by atoms with Crippen molar-refractivity contribution in [1.82, 2.24) is 0 Å². The van der Waals surface area contributed by atoms with Crippen LogP contribution in [0.25, 0.3) is 0 Å². The van der Waals surface area contributed by atoms with Gasteiger partial charge in [0.05, 0.1) is 13.2 Å². The van der Waals surface area contributed by atoms with Gasteiger partial charge in [-0.25, -0.2) is 0 Å². The first-order valence-corrected chi connectivity index (χ1v) is 7.83. The number of benzene rings is 1. The summed E-state index contributed by atoms with van der Waals surface area (Å²) >= 11 is 6.43. The molecule has 1 saturated carbocycles. The zero-order valence-corrected chi connectivity index (χ0v) is 12.7. The fourth-order valence-electron chi connectivity index (χ4n) is 3.31. The van der Waals surface area contributed by atoms with Crippen molar-refractivity contribution >= 4 is 11.6 Å². The monoisotopic (exact) mass is 295 g/mol. The molecule has 2 N–H and O–H groups in total. The standard InChI is InChI=1S/C16H22ClNO2/c1-16(5-2-3-6-16)15(18)11-9-13-14(10-12(11)17)20-8-4-7-19-13/h9-10,15H,2-8,18H2,1H3. The van der Waals surface area contributed by atoms with Crippen molar-refractivity contribution in [2.24, 2.45) is 11.1 Å². The van der Waals surface area contributed by atoms with Crippen LogP contribution in [-0.2, 0) is 0 Å². The lowest BCUT2D eigenvalue weighted by Gasteiger charge is -2.32. The summed E-state index contributed by atoms with van der Waals surface area (Å²) < 4.78 is 11.4. The summed E-state index contributed by atoms with van der Waals surface area (Å²) in [5.41, 5.74) is 7.66. The largest absolute Gasteiger partial charge is 0.490 e. The molecule has 0 amide bonds. The first kappa shape index (κ1) is 14.0. The van der Waals surface area contributed by atoms with Crippen LogP contribution in [0.1, 0.15) is 50.6 Å². The Kier molecular flexibility index (Phi) is 3.83. The smallest absolute Gasteiger partial charge is 0.162 e. The fraction of sp³-hybridized carbons (Fsp3) is 0.625. The van der Waals surface area contributed by atoms with Crippen LogP contribution in [0.5, 0.6) is 11.5 Å². The van der Waals surface area contributed by atoms with Gasteiger partial charge in [-0.2, -0.15) is 0 Å². The van der Waals surface area contributed by atoms with Crippen molar-refractivity contribution in [3.8, 4) is 11.5 Å². The van der Waals surface area contributed by atoms with E-state index in [0.717, 1.165) is 23.5 Å². The van der Waals surface area contributed by atoms with E-state index in [4.69, 9.17) is 26.8 Å². The molecule has 1 aliphatic heterocycles. The number of nitrogens with two attached hydrogens (primary N) is 1. The second kappa shape index (κ2) is 5.45. The lowest BCUT2D eigenvalue weighted by molar-refractivity contribution is 0.264. The van der Waals surface area contributed by atoms with E-state index in [9.17, 15) is 0 Å². The van der Waals surface area contributed by atoms with Crippen LogP contribution >= 0.6 is 11.6 Å². The van der Waals surface area contributed by atoms with Gasteiger partial charge in [-0.15, -0.1) is 0 Å². The maximum absolute atomic E-state index is 6.53. The predicted molar refractivity (Wildman–Crippen MR) is 80.6 cm³/mol. The lowest BCUT2D eigenvalue weighted by Crippen LogP contribution is -2.29. The molecule has 3 rings (SSSR count). The molecule has 0 bridgehead atoms. The highest BCUT2D eigenvalue weighted by atomic mass is 35.5. The van der Waals surface area contributed by atoms with E-state index < -0.39 is 0 Å². The zero-order chi connectivity index (χ0) is 14.2.